The van der Waals surface area contributed by atoms with Gasteiger partial charge in [0.1, 0.15) is 0 Å². The summed E-state index contributed by atoms with van der Waals surface area (Å²) in [5.41, 5.74) is 5.44. The van der Waals surface area contributed by atoms with E-state index in [1.807, 2.05) is 13.8 Å². The van der Waals surface area contributed by atoms with Crippen LogP contribution in [0.3, 0.4) is 0 Å². The number of imide groups is 1. The fraction of sp³-hybridized carbons (Fsp3) is 0.600. The number of carbonyl (C=O) groups excluding carboxylic acids is 2. The summed E-state index contributed by atoms with van der Waals surface area (Å²) in [6, 6.07) is -0.502. The average Bonchev–Trinajstić information content (AvgIpc) is 2.12. The highest BCUT2D eigenvalue weighted by atomic mass is 32.2. The van der Waals surface area contributed by atoms with Gasteiger partial charge in [0.25, 0.3) is 0 Å². The van der Waals surface area contributed by atoms with Crippen LogP contribution in [0.1, 0.15) is 13.8 Å². The molecule has 6 heteroatoms. The average molecular weight is 245 g/mol. The van der Waals surface area contributed by atoms with Gasteiger partial charge in [-0.05, 0) is 13.8 Å². The van der Waals surface area contributed by atoms with Crippen molar-refractivity contribution in [1.29, 1.82) is 0 Å². The molecule has 0 fully saturated rings. The zero-order chi connectivity index (χ0) is 12.6. The number of hydrogen-bond donors (Lipinski definition) is 3. The SMILES string of the molecule is C=CCNC(=O)NC(=O)CSCC(C)(C)N. The molecule has 0 saturated carbocycles. The molecule has 0 aromatic rings. The number of amides is 3. The van der Waals surface area contributed by atoms with E-state index in [1.54, 1.807) is 0 Å². The van der Waals surface area contributed by atoms with Crippen LogP contribution in [0, 0.1) is 0 Å². The van der Waals surface area contributed by atoms with Gasteiger partial charge in [-0.3, -0.25) is 10.1 Å². The summed E-state index contributed by atoms with van der Waals surface area (Å²) in [6.07, 6.45) is 1.54. The Morgan fingerprint density at radius 3 is 2.62 bits per heavy atom. The third-order valence-corrected chi connectivity index (χ3v) is 2.78. The lowest BCUT2D eigenvalue weighted by atomic mass is 10.1. The van der Waals surface area contributed by atoms with Crippen LogP contribution in [-0.4, -0.2) is 35.5 Å². The van der Waals surface area contributed by atoms with Crippen molar-refractivity contribution >= 4 is 23.7 Å². The Morgan fingerprint density at radius 2 is 2.12 bits per heavy atom. The summed E-state index contributed by atoms with van der Waals surface area (Å²) < 4.78 is 0. The van der Waals surface area contributed by atoms with E-state index in [2.05, 4.69) is 17.2 Å². The van der Waals surface area contributed by atoms with E-state index < -0.39 is 6.03 Å². The summed E-state index contributed by atoms with van der Waals surface area (Å²) in [6.45, 7) is 7.55. The molecule has 0 aliphatic heterocycles. The maximum absolute atomic E-state index is 11.2. The Hall–Kier alpha value is -1.01. The Bertz CT molecular complexity index is 261. The van der Waals surface area contributed by atoms with Crippen molar-refractivity contribution in [2.45, 2.75) is 19.4 Å². The molecule has 5 nitrogen and oxygen atoms in total. The van der Waals surface area contributed by atoms with Gasteiger partial charge >= 0.3 is 6.03 Å². The predicted octanol–water partition coefficient (Wildman–Crippen LogP) is 0.469. The van der Waals surface area contributed by atoms with Crippen molar-refractivity contribution in [3.63, 3.8) is 0 Å². The molecule has 0 bridgehead atoms. The Balaban J connectivity index is 3.66. The molecule has 0 aromatic heterocycles. The van der Waals surface area contributed by atoms with Gasteiger partial charge < -0.3 is 11.1 Å². The summed E-state index contributed by atoms with van der Waals surface area (Å²) in [4.78, 5) is 22.3. The molecule has 0 unspecified atom stereocenters. The molecular weight excluding hydrogens is 226 g/mol. The summed E-state index contributed by atoms with van der Waals surface area (Å²) in [7, 11) is 0. The number of nitrogens with one attached hydrogen (secondary N) is 2. The molecule has 0 rings (SSSR count). The summed E-state index contributed by atoms with van der Waals surface area (Å²) in [5, 5.41) is 4.65. The molecule has 0 aromatic carbocycles. The molecule has 0 heterocycles. The van der Waals surface area contributed by atoms with Crippen molar-refractivity contribution in [2.75, 3.05) is 18.1 Å². The first-order valence-corrected chi connectivity index (χ1v) is 6.06. The minimum atomic E-state index is -0.502. The van der Waals surface area contributed by atoms with Gasteiger partial charge in [-0.15, -0.1) is 6.58 Å². The molecule has 0 saturated heterocycles. The number of thioether (sulfide) groups is 1. The van der Waals surface area contributed by atoms with Crippen LogP contribution in [0.2, 0.25) is 0 Å². The third-order valence-electron chi connectivity index (χ3n) is 1.37. The van der Waals surface area contributed by atoms with Crippen molar-refractivity contribution in [3.8, 4) is 0 Å². The molecule has 0 atom stereocenters. The first-order chi connectivity index (χ1) is 7.35. The van der Waals surface area contributed by atoms with Gasteiger partial charge in [-0.2, -0.15) is 11.8 Å². The van der Waals surface area contributed by atoms with Gasteiger partial charge in [-0.25, -0.2) is 4.79 Å². The molecular formula is C10H19N3O2S. The second-order valence-corrected chi connectivity index (χ2v) is 5.01. The third kappa shape index (κ3) is 9.54. The Morgan fingerprint density at radius 1 is 1.50 bits per heavy atom. The second kappa shape index (κ2) is 7.29. The second-order valence-electron chi connectivity index (χ2n) is 4.03. The Kier molecular flexibility index (Phi) is 6.83. The molecule has 16 heavy (non-hydrogen) atoms. The summed E-state index contributed by atoms with van der Waals surface area (Å²) >= 11 is 1.40. The normalized spacial score (nSPS) is 10.7. The zero-order valence-corrected chi connectivity index (χ0v) is 10.5. The molecule has 3 amide bonds. The fourth-order valence-electron chi connectivity index (χ4n) is 0.779. The standard InChI is InChI=1S/C10H19N3O2S/c1-4-5-12-9(15)13-8(14)6-16-7-10(2,3)11/h4H,1,5-7,11H2,2-3H3,(H2,12,13,14,15). The van der Waals surface area contributed by atoms with Crippen LogP contribution in [0.25, 0.3) is 0 Å². The predicted molar refractivity (Wildman–Crippen MR) is 67.3 cm³/mol. The first kappa shape index (κ1) is 15.0. The van der Waals surface area contributed by atoms with Gasteiger partial charge in [0.05, 0.1) is 5.75 Å². The molecule has 0 radical (unpaired) electrons. The smallest absolute Gasteiger partial charge is 0.321 e. The monoisotopic (exact) mass is 245 g/mol. The van der Waals surface area contributed by atoms with Crippen LogP contribution in [0.4, 0.5) is 4.79 Å². The van der Waals surface area contributed by atoms with Gasteiger partial charge in [0.15, 0.2) is 0 Å². The van der Waals surface area contributed by atoms with Crippen molar-refractivity contribution < 1.29 is 9.59 Å². The topological polar surface area (TPSA) is 84.2 Å². The highest BCUT2D eigenvalue weighted by Gasteiger charge is 2.12. The van der Waals surface area contributed by atoms with Gasteiger partial charge in [-0.1, -0.05) is 6.08 Å². The number of rotatable bonds is 6. The molecule has 0 aliphatic rings. The van der Waals surface area contributed by atoms with Crippen LogP contribution >= 0.6 is 11.8 Å². The minimum absolute atomic E-state index is 0.224. The first-order valence-electron chi connectivity index (χ1n) is 4.90. The van der Waals surface area contributed by atoms with Crippen LogP contribution < -0.4 is 16.4 Å². The quantitative estimate of drug-likeness (QED) is 0.594. The lowest BCUT2D eigenvalue weighted by Gasteiger charge is -2.17. The number of urea groups is 1. The maximum Gasteiger partial charge on any atom is 0.321 e. The molecule has 0 spiro atoms. The minimum Gasteiger partial charge on any atom is -0.334 e. The summed E-state index contributed by atoms with van der Waals surface area (Å²) in [5.74, 6) is 0.562. The lowest BCUT2D eigenvalue weighted by Crippen LogP contribution is -2.41. The molecule has 4 N–H and O–H groups in total. The molecule has 0 aliphatic carbocycles. The number of nitrogens with two attached hydrogens (primary N) is 1. The highest BCUT2D eigenvalue weighted by Crippen LogP contribution is 2.08. The van der Waals surface area contributed by atoms with E-state index in [4.69, 9.17) is 5.73 Å². The maximum atomic E-state index is 11.2. The Labute approximate surface area is 100 Å². The lowest BCUT2D eigenvalue weighted by molar-refractivity contribution is -0.117. The number of carbonyl (C=O) groups is 2. The molecule has 92 valence electrons. The van der Waals surface area contributed by atoms with Crippen LogP contribution in [-0.2, 0) is 4.79 Å². The van der Waals surface area contributed by atoms with Crippen molar-refractivity contribution in [3.05, 3.63) is 12.7 Å². The van der Waals surface area contributed by atoms with E-state index in [1.165, 1.54) is 17.8 Å². The van der Waals surface area contributed by atoms with Gasteiger partial charge in [0, 0.05) is 17.8 Å². The van der Waals surface area contributed by atoms with Crippen LogP contribution in [0.5, 0.6) is 0 Å². The highest BCUT2D eigenvalue weighted by molar-refractivity contribution is 8.00. The van der Waals surface area contributed by atoms with E-state index in [0.29, 0.717) is 12.3 Å². The largest absolute Gasteiger partial charge is 0.334 e. The van der Waals surface area contributed by atoms with E-state index in [9.17, 15) is 9.59 Å². The van der Waals surface area contributed by atoms with E-state index in [0.717, 1.165) is 0 Å². The fourth-order valence-corrected chi connectivity index (χ4v) is 1.66. The van der Waals surface area contributed by atoms with Crippen LogP contribution in [0.15, 0.2) is 12.7 Å². The number of hydrogen-bond acceptors (Lipinski definition) is 4. The van der Waals surface area contributed by atoms with Gasteiger partial charge in [0.2, 0.25) is 5.91 Å². The van der Waals surface area contributed by atoms with E-state index >= 15 is 0 Å². The van der Waals surface area contributed by atoms with E-state index in [-0.39, 0.29) is 17.2 Å². The van der Waals surface area contributed by atoms with Crippen molar-refractivity contribution in [2.24, 2.45) is 5.73 Å². The van der Waals surface area contributed by atoms with Crippen molar-refractivity contribution in [1.82, 2.24) is 10.6 Å². The zero-order valence-electron chi connectivity index (χ0n) is 9.71.